The highest BCUT2D eigenvalue weighted by Gasteiger charge is 2.33. The van der Waals surface area contributed by atoms with Gasteiger partial charge in [0.15, 0.2) is 0 Å². The van der Waals surface area contributed by atoms with Crippen LogP contribution in [0.3, 0.4) is 0 Å². The minimum absolute atomic E-state index is 0.191. The molecular formula is C8H17NOS. The normalized spacial score (nSPS) is 33.8. The lowest BCUT2D eigenvalue weighted by atomic mass is 9.85. The van der Waals surface area contributed by atoms with Gasteiger partial charge in [0.05, 0.1) is 5.60 Å². The van der Waals surface area contributed by atoms with Crippen LogP contribution in [0.2, 0.25) is 0 Å². The number of hydrogen-bond acceptors (Lipinski definition) is 3. The van der Waals surface area contributed by atoms with E-state index in [0.29, 0.717) is 0 Å². The van der Waals surface area contributed by atoms with Crippen LogP contribution >= 0.6 is 11.8 Å². The molecule has 0 spiro atoms. The maximum atomic E-state index is 9.72. The van der Waals surface area contributed by atoms with Gasteiger partial charge in [0.1, 0.15) is 0 Å². The molecule has 1 aliphatic rings. The zero-order chi connectivity index (χ0) is 8.48. The number of thioether (sulfide) groups is 1. The van der Waals surface area contributed by atoms with Crippen molar-refractivity contribution in [3.8, 4) is 0 Å². The molecule has 1 heterocycles. The van der Waals surface area contributed by atoms with E-state index in [4.69, 9.17) is 5.73 Å². The zero-order valence-electron chi connectivity index (χ0n) is 7.21. The largest absolute Gasteiger partial charge is 0.390 e. The molecule has 1 fully saturated rings. The SMILES string of the molecule is CC(C)(O)C1CSCCC1N. The van der Waals surface area contributed by atoms with Gasteiger partial charge in [-0.2, -0.15) is 11.8 Å². The second kappa shape index (κ2) is 3.33. The van der Waals surface area contributed by atoms with Gasteiger partial charge in [-0.1, -0.05) is 0 Å². The van der Waals surface area contributed by atoms with Crippen LogP contribution in [0.15, 0.2) is 0 Å². The minimum atomic E-state index is -0.604. The fourth-order valence-corrected chi connectivity index (χ4v) is 3.00. The summed E-state index contributed by atoms with van der Waals surface area (Å²) in [7, 11) is 0. The summed E-state index contributed by atoms with van der Waals surface area (Å²) in [6.45, 7) is 3.70. The standard InChI is InChI=1S/C8H17NOS/c1-8(2,10)6-5-11-4-3-7(6)9/h6-7,10H,3-5,9H2,1-2H3. The molecule has 1 saturated heterocycles. The Balaban J connectivity index is 2.55. The van der Waals surface area contributed by atoms with Crippen LogP contribution in [-0.4, -0.2) is 28.3 Å². The topological polar surface area (TPSA) is 46.2 Å². The molecule has 0 aliphatic carbocycles. The molecule has 3 N–H and O–H groups in total. The third-order valence-corrected chi connectivity index (χ3v) is 3.44. The molecule has 2 unspecified atom stereocenters. The Labute approximate surface area is 72.5 Å². The Hall–Kier alpha value is 0.270. The molecule has 0 aromatic rings. The Morgan fingerprint density at radius 2 is 2.18 bits per heavy atom. The van der Waals surface area contributed by atoms with E-state index in [1.807, 2.05) is 25.6 Å². The highest BCUT2D eigenvalue weighted by Crippen LogP contribution is 2.29. The Morgan fingerprint density at radius 1 is 1.55 bits per heavy atom. The van der Waals surface area contributed by atoms with Crippen molar-refractivity contribution in [1.82, 2.24) is 0 Å². The summed E-state index contributed by atoms with van der Waals surface area (Å²) < 4.78 is 0. The highest BCUT2D eigenvalue weighted by molar-refractivity contribution is 7.99. The predicted molar refractivity (Wildman–Crippen MR) is 49.7 cm³/mol. The first kappa shape index (κ1) is 9.36. The minimum Gasteiger partial charge on any atom is -0.390 e. The van der Waals surface area contributed by atoms with E-state index >= 15 is 0 Å². The van der Waals surface area contributed by atoms with Crippen molar-refractivity contribution in [3.05, 3.63) is 0 Å². The summed E-state index contributed by atoms with van der Waals surface area (Å²) in [6.07, 6.45) is 1.04. The smallest absolute Gasteiger partial charge is 0.0642 e. The van der Waals surface area contributed by atoms with E-state index < -0.39 is 5.60 Å². The van der Waals surface area contributed by atoms with Crippen LogP contribution in [0.25, 0.3) is 0 Å². The highest BCUT2D eigenvalue weighted by atomic mass is 32.2. The summed E-state index contributed by atoms with van der Waals surface area (Å²) in [5.41, 5.74) is 5.29. The molecule has 0 saturated carbocycles. The van der Waals surface area contributed by atoms with E-state index in [0.717, 1.165) is 17.9 Å². The molecule has 0 aromatic heterocycles. The molecule has 0 radical (unpaired) electrons. The predicted octanol–water partition coefficient (Wildman–Crippen LogP) is 0.838. The third kappa shape index (κ3) is 2.36. The van der Waals surface area contributed by atoms with E-state index in [2.05, 4.69) is 0 Å². The van der Waals surface area contributed by atoms with Crippen molar-refractivity contribution in [1.29, 1.82) is 0 Å². The van der Waals surface area contributed by atoms with Crippen LogP contribution in [0, 0.1) is 5.92 Å². The van der Waals surface area contributed by atoms with Gasteiger partial charge in [-0.25, -0.2) is 0 Å². The second-order valence-corrected chi connectivity index (χ2v) is 4.94. The van der Waals surface area contributed by atoms with Gasteiger partial charge in [0.25, 0.3) is 0 Å². The lowest BCUT2D eigenvalue weighted by Gasteiger charge is -2.36. The summed E-state index contributed by atoms with van der Waals surface area (Å²) in [6, 6.07) is 0.191. The van der Waals surface area contributed by atoms with Crippen molar-refractivity contribution >= 4 is 11.8 Å². The Kier molecular flexibility index (Phi) is 2.84. The molecule has 2 atom stereocenters. The summed E-state index contributed by atoms with van der Waals surface area (Å²) in [5, 5.41) is 9.72. The maximum Gasteiger partial charge on any atom is 0.0642 e. The van der Waals surface area contributed by atoms with E-state index in [-0.39, 0.29) is 12.0 Å². The number of aliphatic hydroxyl groups is 1. The van der Waals surface area contributed by atoms with Crippen LogP contribution < -0.4 is 5.73 Å². The number of hydrogen-bond donors (Lipinski definition) is 2. The van der Waals surface area contributed by atoms with Gasteiger partial charge >= 0.3 is 0 Å². The molecule has 3 heteroatoms. The van der Waals surface area contributed by atoms with Crippen molar-refractivity contribution in [3.63, 3.8) is 0 Å². The van der Waals surface area contributed by atoms with Crippen molar-refractivity contribution in [2.75, 3.05) is 11.5 Å². The number of rotatable bonds is 1. The molecule has 1 aliphatic heterocycles. The maximum absolute atomic E-state index is 9.72. The quantitative estimate of drug-likeness (QED) is 0.621. The van der Waals surface area contributed by atoms with Gasteiger partial charge in [-0.3, -0.25) is 0 Å². The second-order valence-electron chi connectivity index (χ2n) is 3.79. The average Bonchev–Trinajstić information content (AvgIpc) is 1.86. The molecule has 0 aromatic carbocycles. The van der Waals surface area contributed by atoms with Gasteiger partial charge in [0.2, 0.25) is 0 Å². The average molecular weight is 175 g/mol. The van der Waals surface area contributed by atoms with Gasteiger partial charge in [-0.05, 0) is 26.0 Å². The third-order valence-electron chi connectivity index (χ3n) is 2.32. The lowest BCUT2D eigenvalue weighted by Crippen LogP contribution is -2.47. The Morgan fingerprint density at radius 3 is 2.55 bits per heavy atom. The Bertz CT molecular complexity index is 133. The lowest BCUT2D eigenvalue weighted by molar-refractivity contribution is 0.0146. The molecular weight excluding hydrogens is 158 g/mol. The first-order valence-electron chi connectivity index (χ1n) is 4.07. The molecule has 2 nitrogen and oxygen atoms in total. The van der Waals surface area contributed by atoms with Crippen LogP contribution in [0.5, 0.6) is 0 Å². The summed E-state index contributed by atoms with van der Waals surface area (Å²) >= 11 is 1.89. The van der Waals surface area contributed by atoms with Crippen LogP contribution in [0.4, 0.5) is 0 Å². The fraction of sp³-hybridized carbons (Fsp3) is 1.00. The van der Waals surface area contributed by atoms with Crippen LogP contribution in [0.1, 0.15) is 20.3 Å². The molecule has 66 valence electrons. The molecule has 0 bridgehead atoms. The summed E-state index contributed by atoms with van der Waals surface area (Å²) in [4.78, 5) is 0. The van der Waals surface area contributed by atoms with Crippen molar-refractivity contribution in [2.45, 2.75) is 31.9 Å². The first-order valence-corrected chi connectivity index (χ1v) is 5.23. The van der Waals surface area contributed by atoms with Crippen molar-refractivity contribution < 1.29 is 5.11 Å². The van der Waals surface area contributed by atoms with E-state index in [1.165, 1.54) is 0 Å². The molecule has 0 amide bonds. The van der Waals surface area contributed by atoms with Crippen LogP contribution in [-0.2, 0) is 0 Å². The fourth-order valence-electron chi connectivity index (χ4n) is 1.48. The number of nitrogens with two attached hydrogens (primary N) is 1. The summed E-state index contributed by atoms with van der Waals surface area (Å²) in [5.74, 6) is 2.42. The monoisotopic (exact) mass is 175 g/mol. The van der Waals surface area contributed by atoms with Gasteiger partial charge in [-0.15, -0.1) is 0 Å². The van der Waals surface area contributed by atoms with Gasteiger partial charge < -0.3 is 10.8 Å². The molecule has 11 heavy (non-hydrogen) atoms. The van der Waals surface area contributed by atoms with Crippen molar-refractivity contribution in [2.24, 2.45) is 11.7 Å². The van der Waals surface area contributed by atoms with E-state index in [1.54, 1.807) is 0 Å². The van der Waals surface area contributed by atoms with Gasteiger partial charge in [0, 0.05) is 17.7 Å². The zero-order valence-corrected chi connectivity index (χ0v) is 8.03. The molecule has 1 rings (SSSR count). The van der Waals surface area contributed by atoms with E-state index in [9.17, 15) is 5.11 Å². The first-order chi connectivity index (χ1) is 5.02.